The van der Waals surface area contributed by atoms with E-state index >= 15 is 0 Å². The second-order valence-electron chi connectivity index (χ2n) is 4.36. The van der Waals surface area contributed by atoms with Crippen LogP contribution in [0.2, 0.25) is 0 Å². The van der Waals surface area contributed by atoms with Gasteiger partial charge in [-0.05, 0) is 43.9 Å². The maximum absolute atomic E-state index is 5.67. The summed E-state index contributed by atoms with van der Waals surface area (Å²) in [5.74, 6) is 1.82. The molecule has 0 radical (unpaired) electrons. The fourth-order valence-electron chi connectivity index (χ4n) is 2.04. The van der Waals surface area contributed by atoms with Crippen LogP contribution < -0.4 is 10.6 Å². The second kappa shape index (κ2) is 4.62. The number of nitrogens with zero attached hydrogens (tertiary/aromatic N) is 2. The van der Waals surface area contributed by atoms with E-state index < -0.39 is 0 Å². The van der Waals surface area contributed by atoms with Crippen LogP contribution in [0, 0.1) is 12.8 Å². The molecule has 2 rings (SSSR count). The van der Waals surface area contributed by atoms with E-state index in [9.17, 15) is 0 Å². The van der Waals surface area contributed by atoms with E-state index in [1.54, 1.807) is 0 Å². The molecule has 0 amide bonds. The Bertz CT molecular complexity index is 299. The average molecular weight is 205 g/mol. The molecule has 2 heterocycles. The monoisotopic (exact) mass is 205 g/mol. The molecule has 0 spiro atoms. The van der Waals surface area contributed by atoms with Gasteiger partial charge in [0.05, 0.1) is 0 Å². The van der Waals surface area contributed by atoms with Crippen LogP contribution in [-0.2, 0) is 0 Å². The number of hydrogen-bond donors (Lipinski definition) is 1. The Morgan fingerprint density at radius 2 is 2.13 bits per heavy atom. The zero-order chi connectivity index (χ0) is 10.7. The highest BCUT2D eigenvalue weighted by molar-refractivity contribution is 5.39. The Morgan fingerprint density at radius 1 is 1.40 bits per heavy atom. The summed E-state index contributed by atoms with van der Waals surface area (Å²) >= 11 is 0. The normalized spacial score (nSPS) is 18.1. The number of pyridine rings is 1. The highest BCUT2D eigenvalue weighted by atomic mass is 15.2. The Morgan fingerprint density at radius 3 is 2.67 bits per heavy atom. The maximum atomic E-state index is 5.67. The molecule has 1 saturated heterocycles. The second-order valence-corrected chi connectivity index (χ2v) is 4.36. The lowest BCUT2D eigenvalue weighted by Gasteiger charge is -2.32. The first-order valence-corrected chi connectivity index (χ1v) is 5.67. The molecule has 1 fully saturated rings. The lowest BCUT2D eigenvalue weighted by Crippen LogP contribution is -2.36. The van der Waals surface area contributed by atoms with Crippen molar-refractivity contribution in [3.63, 3.8) is 0 Å². The van der Waals surface area contributed by atoms with E-state index in [0.29, 0.717) is 5.92 Å². The van der Waals surface area contributed by atoms with Crippen LogP contribution in [0.25, 0.3) is 0 Å². The summed E-state index contributed by atoms with van der Waals surface area (Å²) in [7, 11) is 0. The van der Waals surface area contributed by atoms with Gasteiger partial charge >= 0.3 is 0 Å². The zero-order valence-corrected chi connectivity index (χ0v) is 9.32. The predicted octanol–water partition coefficient (Wildman–Crippen LogP) is 1.57. The summed E-state index contributed by atoms with van der Waals surface area (Å²) in [4.78, 5) is 6.80. The summed E-state index contributed by atoms with van der Waals surface area (Å²) in [6.07, 6.45) is 4.34. The van der Waals surface area contributed by atoms with Crippen LogP contribution in [0.15, 0.2) is 18.3 Å². The minimum atomic E-state index is 0.715. The van der Waals surface area contributed by atoms with Gasteiger partial charge in [0.15, 0.2) is 0 Å². The molecular weight excluding hydrogens is 186 g/mol. The van der Waals surface area contributed by atoms with E-state index in [-0.39, 0.29) is 0 Å². The highest BCUT2D eigenvalue weighted by Crippen LogP contribution is 2.20. The molecule has 0 unspecified atom stereocenters. The summed E-state index contributed by atoms with van der Waals surface area (Å²) < 4.78 is 0. The standard InChI is InChI=1S/C12H19N3/c1-10-2-3-12(14-9-10)15-6-4-11(8-13)5-7-15/h2-3,9,11H,4-8,13H2,1H3. The van der Waals surface area contributed by atoms with Crippen molar-refractivity contribution in [2.75, 3.05) is 24.5 Å². The van der Waals surface area contributed by atoms with Crippen molar-refractivity contribution < 1.29 is 0 Å². The molecule has 0 saturated carbocycles. The van der Waals surface area contributed by atoms with E-state index in [1.165, 1.54) is 18.4 Å². The van der Waals surface area contributed by atoms with Crippen LogP contribution in [0.4, 0.5) is 5.82 Å². The lowest BCUT2D eigenvalue weighted by atomic mass is 9.97. The quantitative estimate of drug-likeness (QED) is 0.796. The first kappa shape index (κ1) is 10.4. The van der Waals surface area contributed by atoms with Gasteiger partial charge in [-0.25, -0.2) is 4.98 Å². The third-order valence-corrected chi connectivity index (χ3v) is 3.17. The molecule has 82 valence electrons. The molecule has 1 aromatic rings. The van der Waals surface area contributed by atoms with Gasteiger partial charge in [0, 0.05) is 19.3 Å². The van der Waals surface area contributed by atoms with Crippen molar-refractivity contribution >= 4 is 5.82 Å². The molecule has 15 heavy (non-hydrogen) atoms. The van der Waals surface area contributed by atoms with Crippen molar-refractivity contribution in [2.24, 2.45) is 11.7 Å². The Labute approximate surface area is 91.3 Å². The van der Waals surface area contributed by atoms with Gasteiger partial charge in [0.25, 0.3) is 0 Å². The van der Waals surface area contributed by atoms with Crippen LogP contribution in [-0.4, -0.2) is 24.6 Å². The predicted molar refractivity (Wildman–Crippen MR) is 63.0 cm³/mol. The van der Waals surface area contributed by atoms with E-state index in [0.717, 1.165) is 25.5 Å². The number of anilines is 1. The molecule has 0 bridgehead atoms. The first-order valence-electron chi connectivity index (χ1n) is 5.67. The molecule has 0 aliphatic carbocycles. The Balaban J connectivity index is 1.98. The summed E-state index contributed by atoms with van der Waals surface area (Å²) in [5, 5.41) is 0. The fourth-order valence-corrected chi connectivity index (χ4v) is 2.04. The van der Waals surface area contributed by atoms with Gasteiger partial charge in [-0.2, -0.15) is 0 Å². The molecule has 1 aliphatic rings. The molecule has 3 nitrogen and oxygen atoms in total. The van der Waals surface area contributed by atoms with Crippen molar-refractivity contribution in [1.82, 2.24) is 4.98 Å². The first-order chi connectivity index (χ1) is 7.29. The average Bonchev–Trinajstić information content (AvgIpc) is 2.30. The SMILES string of the molecule is Cc1ccc(N2CCC(CN)CC2)nc1. The summed E-state index contributed by atoms with van der Waals surface area (Å²) in [6.45, 7) is 5.09. The minimum Gasteiger partial charge on any atom is -0.357 e. The largest absolute Gasteiger partial charge is 0.357 e. The van der Waals surface area contributed by atoms with E-state index in [4.69, 9.17) is 5.73 Å². The Hall–Kier alpha value is -1.09. The highest BCUT2D eigenvalue weighted by Gasteiger charge is 2.18. The lowest BCUT2D eigenvalue weighted by molar-refractivity contribution is 0.413. The molecular formula is C12H19N3. The van der Waals surface area contributed by atoms with Crippen LogP contribution in [0.1, 0.15) is 18.4 Å². The fraction of sp³-hybridized carbons (Fsp3) is 0.583. The minimum absolute atomic E-state index is 0.715. The maximum Gasteiger partial charge on any atom is 0.128 e. The van der Waals surface area contributed by atoms with E-state index in [2.05, 4.69) is 28.9 Å². The smallest absolute Gasteiger partial charge is 0.128 e. The van der Waals surface area contributed by atoms with E-state index in [1.807, 2.05) is 6.20 Å². The van der Waals surface area contributed by atoms with Crippen molar-refractivity contribution in [3.8, 4) is 0 Å². The Kier molecular flexibility index (Phi) is 3.21. The molecule has 1 aromatic heterocycles. The number of piperidine rings is 1. The van der Waals surface area contributed by atoms with Gasteiger partial charge in [-0.1, -0.05) is 6.07 Å². The summed E-state index contributed by atoms with van der Waals surface area (Å²) in [5.41, 5.74) is 6.89. The summed E-state index contributed by atoms with van der Waals surface area (Å²) in [6, 6.07) is 4.23. The third kappa shape index (κ3) is 2.48. The molecule has 2 N–H and O–H groups in total. The molecule has 1 aliphatic heterocycles. The van der Waals surface area contributed by atoms with Gasteiger partial charge in [0.2, 0.25) is 0 Å². The van der Waals surface area contributed by atoms with Gasteiger partial charge in [0.1, 0.15) is 5.82 Å². The van der Waals surface area contributed by atoms with Crippen LogP contribution in [0.3, 0.4) is 0 Å². The van der Waals surface area contributed by atoms with Crippen LogP contribution in [0.5, 0.6) is 0 Å². The molecule has 3 heteroatoms. The third-order valence-electron chi connectivity index (χ3n) is 3.17. The number of aromatic nitrogens is 1. The molecule has 0 aromatic carbocycles. The van der Waals surface area contributed by atoms with Crippen LogP contribution >= 0.6 is 0 Å². The number of aryl methyl sites for hydroxylation is 1. The zero-order valence-electron chi connectivity index (χ0n) is 9.32. The number of rotatable bonds is 2. The van der Waals surface area contributed by atoms with Gasteiger partial charge < -0.3 is 10.6 Å². The van der Waals surface area contributed by atoms with Gasteiger partial charge in [-0.15, -0.1) is 0 Å². The number of hydrogen-bond acceptors (Lipinski definition) is 3. The molecule has 0 atom stereocenters. The van der Waals surface area contributed by atoms with Gasteiger partial charge in [-0.3, -0.25) is 0 Å². The van der Waals surface area contributed by atoms with Crippen molar-refractivity contribution in [1.29, 1.82) is 0 Å². The topological polar surface area (TPSA) is 42.1 Å². The van der Waals surface area contributed by atoms with Crippen molar-refractivity contribution in [3.05, 3.63) is 23.9 Å². The number of nitrogens with two attached hydrogens (primary N) is 1. The van der Waals surface area contributed by atoms with Crippen molar-refractivity contribution in [2.45, 2.75) is 19.8 Å².